The van der Waals surface area contributed by atoms with Gasteiger partial charge in [-0.25, -0.2) is 4.98 Å². The van der Waals surface area contributed by atoms with Crippen LogP contribution in [-0.4, -0.2) is 15.6 Å². The van der Waals surface area contributed by atoms with Gasteiger partial charge in [0.25, 0.3) is 0 Å². The fourth-order valence-corrected chi connectivity index (χ4v) is 7.27. The highest BCUT2D eigenvalue weighted by molar-refractivity contribution is 5.96. The molecule has 0 saturated heterocycles. The molecule has 7 aromatic rings. The van der Waals surface area contributed by atoms with Gasteiger partial charge in [0.05, 0.1) is 34.6 Å². The second-order valence-electron chi connectivity index (χ2n) is 11.6. The summed E-state index contributed by atoms with van der Waals surface area (Å²) in [6, 6.07) is 54.3. The number of nitrogens with zero attached hydrogens (tertiary/aromatic N) is 3. The number of hydrogen-bond acceptors (Lipinski definition) is 2. The van der Waals surface area contributed by atoms with Crippen molar-refractivity contribution >= 4 is 28.4 Å². The first kappa shape index (κ1) is 24.9. The summed E-state index contributed by atoms with van der Waals surface area (Å²) in [4.78, 5) is 7.71. The van der Waals surface area contributed by atoms with E-state index in [1.54, 1.807) is 0 Å². The van der Waals surface area contributed by atoms with Crippen molar-refractivity contribution in [1.29, 1.82) is 0 Å². The highest BCUT2D eigenvalue weighted by Crippen LogP contribution is 2.53. The second kappa shape index (κ2) is 9.96. The smallest absolute Gasteiger partial charge is 0.0730 e. The third kappa shape index (κ3) is 3.79. The van der Waals surface area contributed by atoms with Crippen molar-refractivity contribution in [3.8, 4) is 28.2 Å². The molecule has 208 valence electrons. The maximum atomic E-state index is 5.19. The Morgan fingerprint density at radius 1 is 0.545 bits per heavy atom. The number of benzene rings is 5. The minimum absolute atomic E-state index is 0.160. The van der Waals surface area contributed by atoms with E-state index in [1.165, 1.54) is 39.1 Å². The molecular weight excluding hydrogens is 534 g/mol. The Labute approximate surface area is 257 Å². The molecule has 2 unspecified atom stereocenters. The van der Waals surface area contributed by atoms with Crippen molar-refractivity contribution in [1.82, 2.24) is 9.55 Å². The van der Waals surface area contributed by atoms with Crippen molar-refractivity contribution in [2.45, 2.75) is 12.0 Å². The average molecular weight is 564 g/mol. The van der Waals surface area contributed by atoms with Gasteiger partial charge in [-0.05, 0) is 42.0 Å². The van der Waals surface area contributed by atoms with Crippen LogP contribution in [0.15, 0.2) is 158 Å². The first-order valence-electron chi connectivity index (χ1n) is 15.2. The topological polar surface area (TPSA) is 21.1 Å². The second-order valence-corrected chi connectivity index (χ2v) is 11.6. The number of hydrogen-bond donors (Lipinski definition) is 0. The van der Waals surface area contributed by atoms with Crippen LogP contribution in [0.4, 0.5) is 11.4 Å². The lowest BCUT2D eigenvalue weighted by molar-refractivity contribution is 0.693. The van der Waals surface area contributed by atoms with E-state index in [-0.39, 0.29) is 12.0 Å². The van der Waals surface area contributed by atoms with Gasteiger partial charge in [0.15, 0.2) is 0 Å². The molecule has 0 spiro atoms. The fraction of sp³-hybridized carbons (Fsp3) is 0.0488. The van der Waals surface area contributed by atoms with Crippen molar-refractivity contribution < 1.29 is 0 Å². The predicted molar refractivity (Wildman–Crippen MR) is 182 cm³/mol. The molecule has 3 nitrogen and oxygen atoms in total. The van der Waals surface area contributed by atoms with Crippen LogP contribution < -0.4 is 4.90 Å². The average Bonchev–Trinajstić information content (AvgIpc) is 3.62. The van der Waals surface area contributed by atoms with Crippen LogP contribution >= 0.6 is 0 Å². The molecule has 0 N–H and O–H groups in total. The highest BCUT2D eigenvalue weighted by Gasteiger charge is 2.43. The molecular formula is C41H29N3. The largest absolute Gasteiger partial charge is 0.333 e. The maximum Gasteiger partial charge on any atom is 0.0730 e. The Balaban J connectivity index is 1.33. The van der Waals surface area contributed by atoms with Gasteiger partial charge in [-0.15, -0.1) is 0 Å². The Kier molecular flexibility index (Phi) is 5.63. The molecule has 1 aliphatic carbocycles. The lowest BCUT2D eigenvalue weighted by Gasteiger charge is -2.31. The minimum atomic E-state index is 0.160. The normalized spacial score (nSPS) is 16.5. The number of fused-ring (bicyclic) bond motifs is 7. The zero-order valence-electron chi connectivity index (χ0n) is 24.1. The number of anilines is 2. The Morgan fingerprint density at radius 3 is 1.84 bits per heavy atom. The Bertz CT molecular complexity index is 2120. The van der Waals surface area contributed by atoms with E-state index in [9.17, 15) is 0 Å². The van der Waals surface area contributed by atoms with E-state index in [0.29, 0.717) is 0 Å². The molecule has 0 saturated carbocycles. The summed E-state index contributed by atoms with van der Waals surface area (Å²) >= 11 is 0. The summed E-state index contributed by atoms with van der Waals surface area (Å²) in [5.74, 6) is 0.160. The number of rotatable bonds is 4. The molecule has 0 radical (unpaired) electrons. The Hall–Kier alpha value is -5.67. The molecule has 9 rings (SSSR count). The van der Waals surface area contributed by atoms with Crippen molar-refractivity contribution in [2.75, 3.05) is 4.90 Å². The summed E-state index contributed by atoms with van der Waals surface area (Å²) in [6.07, 6.45) is 4.77. The zero-order chi connectivity index (χ0) is 29.0. The molecule has 5 aromatic carbocycles. The van der Waals surface area contributed by atoms with Gasteiger partial charge < -0.3 is 9.47 Å². The van der Waals surface area contributed by atoms with Crippen molar-refractivity contribution in [2.24, 2.45) is 0 Å². The number of para-hydroxylation sites is 3. The molecule has 0 bridgehead atoms. The molecule has 44 heavy (non-hydrogen) atoms. The van der Waals surface area contributed by atoms with E-state index in [4.69, 9.17) is 4.98 Å². The van der Waals surface area contributed by atoms with Gasteiger partial charge in [-0.3, -0.25) is 0 Å². The summed E-state index contributed by atoms with van der Waals surface area (Å²) in [6.45, 7) is 0. The van der Waals surface area contributed by atoms with Crippen LogP contribution in [0.3, 0.4) is 0 Å². The maximum absolute atomic E-state index is 5.19. The molecule has 0 fully saturated rings. The molecule has 2 aromatic heterocycles. The van der Waals surface area contributed by atoms with Gasteiger partial charge >= 0.3 is 0 Å². The summed E-state index contributed by atoms with van der Waals surface area (Å²) in [5.41, 5.74) is 13.0. The summed E-state index contributed by atoms with van der Waals surface area (Å²) < 4.78 is 2.51. The van der Waals surface area contributed by atoms with Crippen LogP contribution in [0.2, 0.25) is 0 Å². The molecule has 1 aliphatic heterocycles. The molecule has 3 heteroatoms. The third-order valence-corrected chi connectivity index (χ3v) is 9.12. The van der Waals surface area contributed by atoms with Gasteiger partial charge in [-0.1, -0.05) is 127 Å². The standard InChI is InChI=1S/C41H29N3/c1-4-14-28(15-5-1)35-26-31(27-36(42-35)29-16-6-2-7-17-29)44-37-22-12-10-20-32(37)33-24-25-39-40(41(33)44)34-21-11-13-23-38(34)43(39)30-18-8-3-9-19-30/h1-27,39-40H. The van der Waals surface area contributed by atoms with E-state index in [1.807, 2.05) is 0 Å². The monoisotopic (exact) mass is 563 g/mol. The van der Waals surface area contributed by atoms with Crippen LogP contribution in [0.25, 0.3) is 45.2 Å². The number of aromatic nitrogens is 2. The van der Waals surface area contributed by atoms with Gasteiger partial charge in [-0.2, -0.15) is 0 Å². The van der Waals surface area contributed by atoms with E-state index in [2.05, 4.69) is 173 Å². The van der Waals surface area contributed by atoms with Crippen LogP contribution in [0.1, 0.15) is 22.7 Å². The lowest BCUT2D eigenvalue weighted by atomic mass is 9.84. The van der Waals surface area contributed by atoms with Crippen LogP contribution in [0.5, 0.6) is 0 Å². The van der Waals surface area contributed by atoms with Gasteiger partial charge in [0.2, 0.25) is 0 Å². The highest BCUT2D eigenvalue weighted by atomic mass is 15.2. The van der Waals surface area contributed by atoms with Crippen LogP contribution in [0, 0.1) is 0 Å². The van der Waals surface area contributed by atoms with Gasteiger partial charge in [0.1, 0.15) is 0 Å². The molecule has 0 amide bonds. The summed E-state index contributed by atoms with van der Waals surface area (Å²) in [5, 5.41) is 1.27. The fourth-order valence-electron chi connectivity index (χ4n) is 7.27. The number of pyridine rings is 1. The molecule has 3 heterocycles. The zero-order valence-corrected chi connectivity index (χ0v) is 24.1. The van der Waals surface area contributed by atoms with E-state index in [0.717, 1.165) is 28.2 Å². The molecule has 2 atom stereocenters. The molecule has 2 aliphatic rings. The van der Waals surface area contributed by atoms with Gasteiger partial charge in [0, 0.05) is 39.1 Å². The predicted octanol–water partition coefficient (Wildman–Crippen LogP) is 10.0. The first-order chi connectivity index (χ1) is 21.8. The quantitative estimate of drug-likeness (QED) is 0.212. The van der Waals surface area contributed by atoms with Crippen LogP contribution in [-0.2, 0) is 0 Å². The van der Waals surface area contributed by atoms with Crippen molar-refractivity contribution in [3.05, 3.63) is 175 Å². The third-order valence-electron chi connectivity index (χ3n) is 9.12. The van der Waals surface area contributed by atoms with E-state index < -0.39 is 0 Å². The minimum Gasteiger partial charge on any atom is -0.333 e. The summed E-state index contributed by atoms with van der Waals surface area (Å²) in [7, 11) is 0. The van der Waals surface area contributed by atoms with Crippen molar-refractivity contribution in [3.63, 3.8) is 0 Å². The first-order valence-corrected chi connectivity index (χ1v) is 15.2. The SMILES string of the molecule is C1=CC2C(c3ccccc3N2c2ccccc2)c2c1c1ccccc1n2-c1cc(-c2ccccc2)nc(-c2ccccc2)c1. The Morgan fingerprint density at radius 2 is 1.14 bits per heavy atom. The lowest BCUT2D eigenvalue weighted by Crippen LogP contribution is -2.31. The van der Waals surface area contributed by atoms with E-state index >= 15 is 0 Å².